The quantitative estimate of drug-likeness (QED) is 0.887. The number of pyridine rings is 1. The van der Waals surface area contributed by atoms with Crippen molar-refractivity contribution in [2.75, 3.05) is 13.2 Å². The molecule has 140 valence electrons. The number of rotatable bonds is 3. The number of hydrogen-bond acceptors (Lipinski definition) is 3. The summed E-state index contributed by atoms with van der Waals surface area (Å²) in [6.07, 6.45) is 10.9. The van der Waals surface area contributed by atoms with E-state index in [0.717, 1.165) is 37.4 Å². The van der Waals surface area contributed by atoms with Gasteiger partial charge in [-0.2, -0.15) is 0 Å². The number of nitrogens with one attached hydrogen (secondary N) is 2. The Balaban J connectivity index is 1.25. The van der Waals surface area contributed by atoms with Crippen molar-refractivity contribution in [3.63, 3.8) is 0 Å². The van der Waals surface area contributed by atoms with Crippen LogP contribution < -0.4 is 10.6 Å². The van der Waals surface area contributed by atoms with Gasteiger partial charge in [0.05, 0.1) is 12.2 Å². The van der Waals surface area contributed by atoms with Gasteiger partial charge in [-0.1, -0.05) is 6.07 Å². The van der Waals surface area contributed by atoms with Gasteiger partial charge in [-0.05, 0) is 62.5 Å². The molecule has 2 N–H and O–H groups in total. The van der Waals surface area contributed by atoms with Crippen molar-refractivity contribution >= 4 is 11.7 Å². The number of nitrogens with zero attached hydrogens (tertiary/aromatic N) is 2. The summed E-state index contributed by atoms with van der Waals surface area (Å²) in [6, 6.07) is 4.23. The fraction of sp³-hybridized carbons (Fsp3) is 0.600. The summed E-state index contributed by atoms with van der Waals surface area (Å²) in [4.78, 5) is 16.8. The third-order valence-electron chi connectivity index (χ3n) is 6.01. The number of aryl methyl sites for hydroxylation is 1. The van der Waals surface area contributed by atoms with Crippen LogP contribution in [0.25, 0.3) is 5.65 Å². The minimum Gasteiger partial charge on any atom is -0.381 e. The number of urea groups is 1. The van der Waals surface area contributed by atoms with Crippen LogP contribution in [0.1, 0.15) is 49.8 Å². The number of carbonyl (C=O) groups excluding carboxylic acids is 1. The molecule has 0 unspecified atom stereocenters. The van der Waals surface area contributed by atoms with E-state index in [1.165, 1.54) is 31.2 Å². The molecule has 1 saturated heterocycles. The Hall–Kier alpha value is -2.08. The maximum absolute atomic E-state index is 12.2. The largest absolute Gasteiger partial charge is 0.381 e. The Labute approximate surface area is 154 Å². The highest BCUT2D eigenvalue weighted by Crippen LogP contribution is 2.44. The molecule has 2 aliphatic rings. The highest BCUT2D eigenvalue weighted by Gasteiger charge is 2.36. The molecule has 2 amide bonds. The van der Waals surface area contributed by atoms with E-state index in [1.54, 1.807) is 0 Å². The van der Waals surface area contributed by atoms with Crippen LogP contribution in [0.2, 0.25) is 0 Å². The number of carbonyl (C=O) groups is 1. The molecule has 3 heterocycles. The van der Waals surface area contributed by atoms with Crippen LogP contribution in [-0.2, 0) is 11.3 Å². The summed E-state index contributed by atoms with van der Waals surface area (Å²) in [5.41, 5.74) is 3.44. The molecule has 1 saturated carbocycles. The Morgan fingerprint density at radius 1 is 1.23 bits per heavy atom. The van der Waals surface area contributed by atoms with E-state index < -0.39 is 0 Å². The third-order valence-corrected chi connectivity index (χ3v) is 6.01. The lowest BCUT2D eigenvalue weighted by Crippen LogP contribution is -2.45. The highest BCUT2D eigenvalue weighted by molar-refractivity contribution is 5.74. The van der Waals surface area contributed by atoms with Crippen LogP contribution >= 0.6 is 0 Å². The Bertz CT molecular complexity index is 769. The van der Waals surface area contributed by atoms with Crippen molar-refractivity contribution in [3.05, 3.63) is 35.8 Å². The number of fused-ring (bicyclic) bond motifs is 1. The minimum atomic E-state index is -0.0915. The lowest BCUT2D eigenvalue weighted by molar-refractivity contribution is -0.00860. The molecular formula is C20H28N4O2. The van der Waals surface area contributed by atoms with Crippen LogP contribution in [-0.4, -0.2) is 34.7 Å². The maximum Gasteiger partial charge on any atom is 0.315 e. The van der Waals surface area contributed by atoms with Gasteiger partial charge in [-0.25, -0.2) is 9.78 Å². The normalized spacial score (nSPS) is 20.3. The van der Waals surface area contributed by atoms with Gasteiger partial charge in [0.15, 0.2) is 0 Å². The molecular weight excluding hydrogens is 328 g/mol. The molecule has 0 bridgehead atoms. The minimum absolute atomic E-state index is 0.0915. The Morgan fingerprint density at radius 2 is 2.00 bits per heavy atom. The number of ether oxygens (including phenoxy) is 1. The number of hydrogen-bond donors (Lipinski definition) is 2. The van der Waals surface area contributed by atoms with Crippen LogP contribution in [0.4, 0.5) is 4.79 Å². The van der Waals surface area contributed by atoms with Crippen molar-refractivity contribution in [1.29, 1.82) is 0 Å². The van der Waals surface area contributed by atoms with Gasteiger partial charge in [0.1, 0.15) is 5.65 Å². The lowest BCUT2D eigenvalue weighted by atomic mass is 9.68. The highest BCUT2D eigenvalue weighted by atomic mass is 16.5. The van der Waals surface area contributed by atoms with E-state index in [-0.39, 0.29) is 12.1 Å². The van der Waals surface area contributed by atoms with Crippen molar-refractivity contribution in [3.8, 4) is 0 Å². The van der Waals surface area contributed by atoms with Crippen molar-refractivity contribution in [2.24, 2.45) is 5.41 Å². The average molecular weight is 356 g/mol. The third kappa shape index (κ3) is 3.85. The second-order valence-electron chi connectivity index (χ2n) is 7.92. The predicted molar refractivity (Wildman–Crippen MR) is 100 cm³/mol. The fourth-order valence-electron chi connectivity index (χ4n) is 4.33. The topological polar surface area (TPSA) is 67.7 Å². The van der Waals surface area contributed by atoms with Gasteiger partial charge in [-0.15, -0.1) is 0 Å². The van der Waals surface area contributed by atoms with E-state index >= 15 is 0 Å². The molecule has 0 atom stereocenters. The zero-order chi connectivity index (χ0) is 18.0. The van der Waals surface area contributed by atoms with E-state index in [9.17, 15) is 4.79 Å². The van der Waals surface area contributed by atoms with Crippen LogP contribution in [0, 0.1) is 12.3 Å². The first kappa shape index (κ1) is 17.3. The fourth-order valence-corrected chi connectivity index (χ4v) is 4.33. The molecule has 4 rings (SSSR count). The number of aromatic nitrogens is 2. The van der Waals surface area contributed by atoms with Crippen molar-refractivity contribution < 1.29 is 9.53 Å². The molecule has 2 aromatic heterocycles. The Morgan fingerprint density at radius 3 is 2.77 bits per heavy atom. The van der Waals surface area contributed by atoms with Gasteiger partial charge in [-0.3, -0.25) is 0 Å². The molecule has 1 aliphatic heterocycles. The molecule has 6 nitrogen and oxygen atoms in total. The van der Waals surface area contributed by atoms with Gasteiger partial charge in [0.25, 0.3) is 0 Å². The summed E-state index contributed by atoms with van der Waals surface area (Å²) in [7, 11) is 0. The number of amides is 2. The van der Waals surface area contributed by atoms with Gasteiger partial charge < -0.3 is 19.8 Å². The molecule has 1 spiro atoms. The number of imidazole rings is 1. The maximum atomic E-state index is 12.2. The van der Waals surface area contributed by atoms with E-state index in [0.29, 0.717) is 12.0 Å². The smallest absolute Gasteiger partial charge is 0.315 e. The van der Waals surface area contributed by atoms with Gasteiger partial charge >= 0.3 is 6.03 Å². The molecule has 0 aromatic carbocycles. The molecule has 6 heteroatoms. The Kier molecular flexibility index (Phi) is 4.85. The molecule has 2 aromatic rings. The summed E-state index contributed by atoms with van der Waals surface area (Å²) in [5, 5.41) is 6.09. The molecule has 26 heavy (non-hydrogen) atoms. The van der Waals surface area contributed by atoms with Crippen LogP contribution in [0.3, 0.4) is 0 Å². The first-order chi connectivity index (χ1) is 12.6. The van der Waals surface area contributed by atoms with Crippen molar-refractivity contribution in [1.82, 2.24) is 20.0 Å². The molecule has 1 aliphatic carbocycles. The average Bonchev–Trinajstić information content (AvgIpc) is 3.05. The first-order valence-corrected chi connectivity index (χ1v) is 9.68. The van der Waals surface area contributed by atoms with Crippen LogP contribution in [0.5, 0.6) is 0 Å². The lowest BCUT2D eigenvalue weighted by Gasteiger charge is -2.42. The van der Waals surface area contributed by atoms with Crippen LogP contribution in [0.15, 0.2) is 24.5 Å². The summed E-state index contributed by atoms with van der Waals surface area (Å²) < 4.78 is 7.50. The molecule has 0 radical (unpaired) electrons. The summed E-state index contributed by atoms with van der Waals surface area (Å²) in [5.74, 6) is 0. The van der Waals surface area contributed by atoms with Crippen molar-refractivity contribution in [2.45, 2.75) is 58.0 Å². The van der Waals surface area contributed by atoms with Gasteiger partial charge in [0.2, 0.25) is 0 Å². The first-order valence-electron chi connectivity index (χ1n) is 9.68. The monoisotopic (exact) mass is 356 g/mol. The standard InChI is InChI=1S/C20H28N4O2/c1-15-2-3-18-22-17(14-24(18)13-15)12-21-19(25)23-16-4-6-20(7-5-16)8-10-26-11-9-20/h2-3,13-14,16H,4-12H2,1H3,(H2,21,23,25). The summed E-state index contributed by atoms with van der Waals surface area (Å²) in [6.45, 7) is 4.30. The second kappa shape index (κ2) is 7.27. The zero-order valence-electron chi connectivity index (χ0n) is 15.5. The van der Waals surface area contributed by atoms with E-state index in [2.05, 4.69) is 22.5 Å². The SMILES string of the molecule is Cc1ccc2nc(CNC(=O)NC3CCC4(CCOCC4)CC3)cn2c1. The predicted octanol–water partition coefficient (Wildman–Crippen LogP) is 3.18. The van der Waals surface area contributed by atoms with Gasteiger partial charge in [0, 0.05) is 31.6 Å². The zero-order valence-corrected chi connectivity index (χ0v) is 15.5. The summed E-state index contributed by atoms with van der Waals surface area (Å²) >= 11 is 0. The molecule has 2 fully saturated rings. The second-order valence-corrected chi connectivity index (χ2v) is 7.92. The van der Waals surface area contributed by atoms with E-state index in [1.807, 2.05) is 28.9 Å². The van der Waals surface area contributed by atoms with E-state index in [4.69, 9.17) is 4.74 Å².